The Kier molecular flexibility index (Phi) is 2.82. The number of rotatable bonds is 2. The van der Waals surface area contributed by atoms with Gasteiger partial charge in [0.05, 0.1) is 0 Å². The van der Waals surface area contributed by atoms with Gasteiger partial charge in [0.2, 0.25) is 0 Å². The summed E-state index contributed by atoms with van der Waals surface area (Å²) in [6.45, 7) is 0. The Bertz CT molecular complexity index is 331. The Morgan fingerprint density at radius 3 is 2.00 bits per heavy atom. The molecule has 0 amide bonds. The second-order valence-corrected chi connectivity index (χ2v) is 3.25. The Balaban J connectivity index is 3.16. The highest BCUT2D eigenvalue weighted by Gasteiger charge is 2.48. The van der Waals surface area contributed by atoms with Crippen LogP contribution in [0.1, 0.15) is 5.56 Å². The van der Waals surface area contributed by atoms with Gasteiger partial charge in [0.1, 0.15) is 0 Å². The molecule has 78 valence electrons. The number of hydrogen-bond acceptors (Lipinski definition) is 5. The average Bonchev–Trinajstić information content (AvgIpc) is 2.02. The van der Waals surface area contributed by atoms with Gasteiger partial charge in [-0.1, -0.05) is 23.7 Å². The standard InChI is InChI=1S/C8H9ClO5/c9-6-3-1-2-5(4-6)7(10,11)8(12,13)14/h1-4,10-14H. The lowest BCUT2D eigenvalue weighted by Crippen LogP contribution is -2.51. The van der Waals surface area contributed by atoms with E-state index in [-0.39, 0.29) is 10.6 Å². The minimum atomic E-state index is -3.66. The first kappa shape index (κ1) is 11.4. The molecule has 0 atom stereocenters. The van der Waals surface area contributed by atoms with Crippen molar-refractivity contribution in [2.24, 2.45) is 0 Å². The van der Waals surface area contributed by atoms with Crippen LogP contribution >= 0.6 is 11.6 Å². The van der Waals surface area contributed by atoms with Crippen molar-refractivity contribution in [3.8, 4) is 0 Å². The monoisotopic (exact) mass is 220 g/mol. The minimum Gasteiger partial charge on any atom is -0.356 e. The zero-order valence-electron chi connectivity index (χ0n) is 6.92. The molecule has 0 saturated carbocycles. The van der Waals surface area contributed by atoms with Gasteiger partial charge in [-0.2, -0.15) is 0 Å². The largest absolute Gasteiger partial charge is 0.356 e. The quantitative estimate of drug-likeness (QED) is 0.416. The first-order valence-corrected chi connectivity index (χ1v) is 4.01. The van der Waals surface area contributed by atoms with Crippen LogP contribution in [0.5, 0.6) is 0 Å². The maximum absolute atomic E-state index is 9.19. The van der Waals surface area contributed by atoms with Crippen molar-refractivity contribution in [1.29, 1.82) is 0 Å². The Labute approximate surface area is 84.4 Å². The van der Waals surface area contributed by atoms with Crippen molar-refractivity contribution in [1.82, 2.24) is 0 Å². The van der Waals surface area contributed by atoms with E-state index in [2.05, 4.69) is 0 Å². The summed E-state index contributed by atoms with van der Waals surface area (Å²) in [6, 6.07) is 5.07. The summed E-state index contributed by atoms with van der Waals surface area (Å²) in [7, 11) is 0. The van der Waals surface area contributed by atoms with Gasteiger partial charge in [-0.05, 0) is 12.1 Å². The van der Waals surface area contributed by atoms with Gasteiger partial charge in [-0.15, -0.1) is 0 Å². The molecule has 0 aliphatic carbocycles. The summed E-state index contributed by atoms with van der Waals surface area (Å²) in [5.41, 5.74) is -0.336. The highest BCUT2D eigenvalue weighted by atomic mass is 35.5. The van der Waals surface area contributed by atoms with Gasteiger partial charge in [0, 0.05) is 10.6 Å². The van der Waals surface area contributed by atoms with Crippen LogP contribution in [-0.4, -0.2) is 31.5 Å². The molecular weight excluding hydrogens is 212 g/mol. The van der Waals surface area contributed by atoms with Gasteiger partial charge < -0.3 is 25.5 Å². The first-order valence-electron chi connectivity index (χ1n) is 3.63. The topological polar surface area (TPSA) is 101 Å². The molecule has 1 rings (SSSR count). The van der Waals surface area contributed by atoms with Crippen molar-refractivity contribution in [3.63, 3.8) is 0 Å². The van der Waals surface area contributed by atoms with Gasteiger partial charge in [-0.3, -0.25) is 0 Å². The van der Waals surface area contributed by atoms with Crippen LogP contribution in [0.25, 0.3) is 0 Å². The van der Waals surface area contributed by atoms with Crippen LogP contribution in [0.2, 0.25) is 5.02 Å². The van der Waals surface area contributed by atoms with E-state index in [4.69, 9.17) is 26.9 Å². The Morgan fingerprint density at radius 1 is 1.00 bits per heavy atom. The summed E-state index contributed by atoms with van der Waals surface area (Å²) in [5, 5.41) is 44.5. The van der Waals surface area contributed by atoms with Gasteiger partial charge in [0.25, 0.3) is 5.79 Å². The van der Waals surface area contributed by atoms with Crippen LogP contribution < -0.4 is 0 Å². The number of hydrogen-bond donors (Lipinski definition) is 5. The van der Waals surface area contributed by atoms with E-state index in [0.29, 0.717) is 0 Å². The van der Waals surface area contributed by atoms with E-state index < -0.39 is 11.8 Å². The summed E-state index contributed by atoms with van der Waals surface area (Å²) < 4.78 is 0. The minimum absolute atomic E-state index is 0.166. The third-order valence-electron chi connectivity index (χ3n) is 1.69. The zero-order chi connectivity index (χ0) is 11.0. The molecule has 1 aromatic carbocycles. The third kappa shape index (κ3) is 2.03. The average molecular weight is 221 g/mol. The molecule has 0 aliphatic rings. The lowest BCUT2D eigenvalue weighted by atomic mass is 10.0. The first-order chi connectivity index (χ1) is 6.25. The fourth-order valence-corrected chi connectivity index (χ4v) is 1.09. The molecule has 0 unspecified atom stereocenters. The molecule has 0 spiro atoms. The van der Waals surface area contributed by atoms with E-state index in [1.807, 2.05) is 0 Å². The smallest absolute Gasteiger partial charge is 0.337 e. The Morgan fingerprint density at radius 2 is 1.57 bits per heavy atom. The second-order valence-electron chi connectivity index (χ2n) is 2.82. The molecule has 6 heteroatoms. The zero-order valence-corrected chi connectivity index (χ0v) is 7.68. The molecule has 0 bridgehead atoms. The Hall–Kier alpha value is -0.690. The molecule has 1 aromatic rings. The fraction of sp³-hybridized carbons (Fsp3) is 0.250. The molecule has 0 radical (unpaired) electrons. The lowest BCUT2D eigenvalue weighted by molar-refractivity contribution is -0.454. The van der Waals surface area contributed by atoms with E-state index in [9.17, 15) is 10.2 Å². The van der Waals surface area contributed by atoms with Gasteiger partial charge in [-0.25, -0.2) is 0 Å². The molecular formula is C8H9ClO5. The molecule has 0 aromatic heterocycles. The van der Waals surface area contributed by atoms with Crippen LogP contribution in [0, 0.1) is 0 Å². The molecule has 5 N–H and O–H groups in total. The highest BCUT2D eigenvalue weighted by molar-refractivity contribution is 6.30. The molecule has 0 heterocycles. The molecule has 0 saturated heterocycles. The van der Waals surface area contributed by atoms with E-state index in [0.717, 1.165) is 6.07 Å². The van der Waals surface area contributed by atoms with Crippen LogP contribution in [0.3, 0.4) is 0 Å². The predicted octanol–water partition coefficient (Wildman–Crippen LogP) is -0.892. The van der Waals surface area contributed by atoms with Crippen molar-refractivity contribution in [2.75, 3.05) is 0 Å². The summed E-state index contributed by atoms with van der Waals surface area (Å²) in [5.74, 6) is -6.85. The molecule has 0 aliphatic heterocycles. The highest BCUT2D eigenvalue weighted by Crippen LogP contribution is 2.28. The van der Waals surface area contributed by atoms with E-state index in [1.54, 1.807) is 0 Å². The third-order valence-corrected chi connectivity index (χ3v) is 1.93. The lowest BCUT2D eigenvalue weighted by Gasteiger charge is -2.30. The fourth-order valence-electron chi connectivity index (χ4n) is 0.899. The molecule has 5 nitrogen and oxygen atoms in total. The van der Waals surface area contributed by atoms with Crippen molar-refractivity contribution >= 4 is 11.6 Å². The van der Waals surface area contributed by atoms with Crippen molar-refractivity contribution in [3.05, 3.63) is 34.9 Å². The molecule has 0 fully saturated rings. The summed E-state index contributed by atoms with van der Waals surface area (Å²) >= 11 is 5.53. The number of benzene rings is 1. The normalized spacial score (nSPS) is 13.0. The maximum atomic E-state index is 9.19. The summed E-state index contributed by atoms with van der Waals surface area (Å²) in [6.07, 6.45) is 0. The summed E-state index contributed by atoms with van der Waals surface area (Å²) in [4.78, 5) is 0. The van der Waals surface area contributed by atoms with Crippen LogP contribution in [0.4, 0.5) is 0 Å². The van der Waals surface area contributed by atoms with Gasteiger partial charge in [0.15, 0.2) is 0 Å². The van der Waals surface area contributed by atoms with Crippen LogP contribution in [-0.2, 0) is 5.79 Å². The van der Waals surface area contributed by atoms with Gasteiger partial charge >= 0.3 is 5.97 Å². The maximum Gasteiger partial charge on any atom is 0.337 e. The number of halogens is 1. The van der Waals surface area contributed by atoms with Crippen LogP contribution in [0.15, 0.2) is 24.3 Å². The predicted molar refractivity (Wildman–Crippen MR) is 47.0 cm³/mol. The van der Waals surface area contributed by atoms with Crippen molar-refractivity contribution < 1.29 is 25.5 Å². The SMILES string of the molecule is OC(O)(O)C(O)(O)c1cccc(Cl)c1. The van der Waals surface area contributed by atoms with E-state index in [1.165, 1.54) is 18.2 Å². The molecule has 14 heavy (non-hydrogen) atoms. The van der Waals surface area contributed by atoms with E-state index >= 15 is 0 Å². The second kappa shape index (κ2) is 3.47. The number of aliphatic hydroxyl groups is 5. The van der Waals surface area contributed by atoms with Crippen molar-refractivity contribution in [2.45, 2.75) is 11.8 Å².